The summed E-state index contributed by atoms with van der Waals surface area (Å²) >= 11 is 1.29. The summed E-state index contributed by atoms with van der Waals surface area (Å²) in [4.78, 5) is 12.5. The summed E-state index contributed by atoms with van der Waals surface area (Å²) in [5, 5.41) is 12.1. The number of rotatable bonds is 10. The first-order chi connectivity index (χ1) is 15.1. The van der Waals surface area contributed by atoms with E-state index in [2.05, 4.69) is 22.1 Å². The molecule has 0 aliphatic carbocycles. The molecule has 0 saturated heterocycles. The fourth-order valence-corrected chi connectivity index (χ4v) is 3.71. The number of methoxy groups -OCH3 is 3. The molecule has 0 bridgehead atoms. The first-order valence-corrected chi connectivity index (χ1v) is 10.4. The number of carbonyl (C=O) groups is 1. The molecule has 0 aliphatic rings. The number of allylic oxidation sites excluding steroid dienone is 1. The van der Waals surface area contributed by atoms with Gasteiger partial charge in [0.1, 0.15) is 5.75 Å². The Bertz CT molecular complexity index is 1070. The van der Waals surface area contributed by atoms with Crippen LogP contribution in [-0.4, -0.2) is 47.8 Å². The molecule has 162 valence electrons. The van der Waals surface area contributed by atoms with Crippen LogP contribution >= 0.6 is 11.8 Å². The number of aromatic nitrogens is 3. The van der Waals surface area contributed by atoms with Gasteiger partial charge in [0.15, 0.2) is 22.5 Å². The van der Waals surface area contributed by atoms with Crippen molar-refractivity contribution >= 4 is 23.4 Å². The van der Waals surface area contributed by atoms with E-state index in [-0.39, 0.29) is 11.7 Å². The van der Waals surface area contributed by atoms with Crippen LogP contribution in [0.5, 0.6) is 17.2 Å². The summed E-state index contributed by atoms with van der Waals surface area (Å²) in [7, 11) is 4.72. The second-order valence-corrected chi connectivity index (χ2v) is 7.25. The topological polar surface area (TPSA) is 87.5 Å². The molecule has 1 aromatic heterocycles. The van der Waals surface area contributed by atoms with Crippen molar-refractivity contribution in [2.24, 2.45) is 0 Å². The van der Waals surface area contributed by atoms with Crippen LogP contribution in [-0.2, 0) is 11.3 Å². The Kier molecular flexibility index (Phi) is 7.55. The Morgan fingerprint density at radius 1 is 1.06 bits per heavy atom. The van der Waals surface area contributed by atoms with E-state index < -0.39 is 0 Å². The van der Waals surface area contributed by atoms with Gasteiger partial charge >= 0.3 is 0 Å². The van der Waals surface area contributed by atoms with E-state index in [0.29, 0.717) is 40.5 Å². The fourth-order valence-electron chi connectivity index (χ4n) is 2.96. The summed E-state index contributed by atoms with van der Waals surface area (Å²) in [5.74, 6) is 2.47. The number of hydrogen-bond acceptors (Lipinski definition) is 7. The lowest BCUT2D eigenvalue weighted by molar-refractivity contribution is -0.113. The smallest absolute Gasteiger partial charge is 0.234 e. The van der Waals surface area contributed by atoms with Crippen LogP contribution in [0.15, 0.2) is 60.3 Å². The van der Waals surface area contributed by atoms with Gasteiger partial charge in [-0.25, -0.2) is 0 Å². The third kappa shape index (κ3) is 5.18. The van der Waals surface area contributed by atoms with E-state index >= 15 is 0 Å². The number of nitrogens with zero attached hydrogens (tertiary/aromatic N) is 3. The molecule has 0 fully saturated rings. The molecule has 0 spiro atoms. The molecule has 1 amide bonds. The standard InChI is InChI=1S/C22H24N4O4S/c1-5-12-26-21(16-8-6-7-9-17(16)28-2)24-25-22(26)31-14-20(27)23-15-10-11-18(29-3)19(13-15)30-4/h5-11,13H,1,12,14H2,2-4H3,(H,23,27). The largest absolute Gasteiger partial charge is 0.496 e. The van der Waals surface area contributed by atoms with Crippen LogP contribution in [0.1, 0.15) is 0 Å². The molecule has 0 radical (unpaired) electrons. The molecule has 9 heteroatoms. The van der Waals surface area contributed by atoms with Crippen molar-refractivity contribution in [1.82, 2.24) is 14.8 Å². The molecule has 0 aliphatic heterocycles. The maximum atomic E-state index is 12.5. The van der Waals surface area contributed by atoms with E-state index in [4.69, 9.17) is 14.2 Å². The van der Waals surface area contributed by atoms with E-state index in [1.807, 2.05) is 28.8 Å². The molecule has 8 nitrogen and oxygen atoms in total. The van der Waals surface area contributed by atoms with E-state index in [1.54, 1.807) is 45.6 Å². The summed E-state index contributed by atoms with van der Waals surface area (Å²) in [6.45, 7) is 4.32. The first-order valence-electron chi connectivity index (χ1n) is 9.43. The highest BCUT2D eigenvalue weighted by Crippen LogP contribution is 2.32. The molecule has 1 heterocycles. The van der Waals surface area contributed by atoms with Gasteiger partial charge in [-0.2, -0.15) is 0 Å². The average molecular weight is 441 g/mol. The van der Waals surface area contributed by atoms with Gasteiger partial charge in [-0.3, -0.25) is 9.36 Å². The number of nitrogens with one attached hydrogen (secondary N) is 1. The van der Waals surface area contributed by atoms with Crippen molar-refractivity contribution in [3.63, 3.8) is 0 Å². The molecule has 31 heavy (non-hydrogen) atoms. The third-order valence-electron chi connectivity index (χ3n) is 4.38. The van der Waals surface area contributed by atoms with Crippen LogP contribution in [0.4, 0.5) is 5.69 Å². The lowest BCUT2D eigenvalue weighted by atomic mass is 10.2. The highest BCUT2D eigenvalue weighted by Gasteiger charge is 2.18. The zero-order chi connectivity index (χ0) is 22.2. The van der Waals surface area contributed by atoms with Gasteiger partial charge in [0.25, 0.3) is 0 Å². The van der Waals surface area contributed by atoms with Crippen molar-refractivity contribution in [2.45, 2.75) is 11.7 Å². The minimum atomic E-state index is -0.177. The molecule has 2 aromatic carbocycles. The Balaban J connectivity index is 1.74. The molecule has 3 aromatic rings. The second-order valence-electron chi connectivity index (χ2n) is 6.31. The van der Waals surface area contributed by atoms with E-state index in [1.165, 1.54) is 11.8 Å². The molecule has 0 saturated carbocycles. The summed E-state index contributed by atoms with van der Waals surface area (Å²) < 4.78 is 17.8. The highest BCUT2D eigenvalue weighted by molar-refractivity contribution is 7.99. The highest BCUT2D eigenvalue weighted by atomic mass is 32.2. The fraction of sp³-hybridized carbons (Fsp3) is 0.227. The van der Waals surface area contributed by atoms with Gasteiger partial charge < -0.3 is 19.5 Å². The van der Waals surface area contributed by atoms with Crippen LogP contribution in [0.2, 0.25) is 0 Å². The molecule has 3 rings (SSSR count). The summed E-state index contributed by atoms with van der Waals surface area (Å²) in [6.07, 6.45) is 1.76. The number of para-hydroxylation sites is 1. The van der Waals surface area contributed by atoms with Gasteiger partial charge in [-0.1, -0.05) is 30.0 Å². The van der Waals surface area contributed by atoms with Crippen molar-refractivity contribution in [3.8, 4) is 28.6 Å². The maximum absolute atomic E-state index is 12.5. The first kappa shape index (κ1) is 22.2. The Morgan fingerprint density at radius 3 is 2.52 bits per heavy atom. The predicted molar refractivity (Wildman–Crippen MR) is 121 cm³/mol. The zero-order valence-electron chi connectivity index (χ0n) is 17.6. The number of hydrogen-bond donors (Lipinski definition) is 1. The molecule has 1 N–H and O–H groups in total. The lowest BCUT2D eigenvalue weighted by Gasteiger charge is -2.11. The Hall–Kier alpha value is -3.46. The Labute approximate surface area is 185 Å². The average Bonchev–Trinajstić information content (AvgIpc) is 3.20. The quantitative estimate of drug-likeness (QED) is 0.378. The normalized spacial score (nSPS) is 10.4. The van der Waals surface area contributed by atoms with E-state index in [0.717, 1.165) is 5.56 Å². The van der Waals surface area contributed by atoms with Gasteiger partial charge in [-0.15, -0.1) is 16.8 Å². The van der Waals surface area contributed by atoms with Crippen LogP contribution in [0, 0.1) is 0 Å². The minimum absolute atomic E-state index is 0.162. The van der Waals surface area contributed by atoms with Gasteiger partial charge in [-0.05, 0) is 24.3 Å². The number of anilines is 1. The number of ether oxygens (including phenoxy) is 3. The second kappa shape index (κ2) is 10.5. The maximum Gasteiger partial charge on any atom is 0.234 e. The van der Waals surface area contributed by atoms with Gasteiger partial charge in [0.05, 0.1) is 32.6 Å². The van der Waals surface area contributed by atoms with Crippen molar-refractivity contribution in [1.29, 1.82) is 0 Å². The van der Waals surface area contributed by atoms with Crippen LogP contribution in [0.3, 0.4) is 0 Å². The number of thioether (sulfide) groups is 1. The van der Waals surface area contributed by atoms with E-state index in [9.17, 15) is 4.79 Å². The predicted octanol–water partition coefficient (Wildman–Crippen LogP) is 3.89. The van der Waals surface area contributed by atoms with Gasteiger partial charge in [0, 0.05) is 18.3 Å². The molecule has 0 atom stereocenters. The van der Waals surface area contributed by atoms with Crippen LogP contribution in [0.25, 0.3) is 11.4 Å². The SMILES string of the molecule is C=CCn1c(SCC(=O)Nc2ccc(OC)c(OC)c2)nnc1-c1ccccc1OC. The van der Waals surface area contributed by atoms with Crippen molar-refractivity contribution < 1.29 is 19.0 Å². The number of amides is 1. The van der Waals surface area contributed by atoms with Crippen LogP contribution < -0.4 is 19.5 Å². The molecular weight excluding hydrogens is 416 g/mol. The Morgan fingerprint density at radius 2 is 1.81 bits per heavy atom. The zero-order valence-corrected chi connectivity index (χ0v) is 18.4. The number of carbonyl (C=O) groups excluding carboxylic acids is 1. The van der Waals surface area contributed by atoms with Gasteiger partial charge in [0.2, 0.25) is 5.91 Å². The summed E-state index contributed by atoms with van der Waals surface area (Å²) in [5.41, 5.74) is 1.44. The molecular formula is C22H24N4O4S. The number of benzene rings is 2. The lowest BCUT2D eigenvalue weighted by Crippen LogP contribution is -2.14. The minimum Gasteiger partial charge on any atom is -0.496 e. The monoisotopic (exact) mass is 440 g/mol. The third-order valence-corrected chi connectivity index (χ3v) is 5.34. The molecule has 0 unspecified atom stereocenters. The van der Waals surface area contributed by atoms with Crippen molar-refractivity contribution in [3.05, 3.63) is 55.1 Å². The van der Waals surface area contributed by atoms with Crippen molar-refractivity contribution in [2.75, 3.05) is 32.4 Å². The summed E-state index contributed by atoms with van der Waals surface area (Å²) in [6, 6.07) is 12.8.